The molecule has 0 unspecified atom stereocenters. The second-order valence-corrected chi connectivity index (χ2v) is 7.47. The largest absolute Gasteiger partial charge is 0.343 e. The Morgan fingerprint density at radius 1 is 1.15 bits per heavy atom. The summed E-state index contributed by atoms with van der Waals surface area (Å²) >= 11 is 0. The Morgan fingerprint density at radius 2 is 1.85 bits per heavy atom. The molecule has 3 aliphatic rings. The van der Waals surface area contributed by atoms with Crippen molar-refractivity contribution in [3.8, 4) is 0 Å². The number of allylic oxidation sites excluding steroid dienone is 1. The Morgan fingerprint density at radius 3 is 2.50 bits per heavy atom. The zero-order valence-corrected chi connectivity index (χ0v) is 15.1. The highest BCUT2D eigenvalue weighted by Gasteiger charge is 2.44. The van der Waals surface area contributed by atoms with Gasteiger partial charge in [0.1, 0.15) is 6.04 Å². The lowest BCUT2D eigenvalue weighted by Gasteiger charge is -2.39. The minimum absolute atomic E-state index is 0.0313. The fraction of sp³-hybridized carbons (Fsp3) is 0.450. The maximum atomic E-state index is 12.7. The number of fused-ring (bicyclic) bond motifs is 2. The molecular formula is C20H23N3O3. The van der Waals surface area contributed by atoms with E-state index < -0.39 is 6.04 Å². The van der Waals surface area contributed by atoms with E-state index in [1.165, 1.54) is 23.1 Å². The maximum absolute atomic E-state index is 12.7. The molecule has 1 atom stereocenters. The molecule has 1 aromatic rings. The fourth-order valence-electron chi connectivity index (χ4n) is 4.40. The number of likely N-dealkylation sites (N-methyl/N-ethyl adjacent to an activating group) is 2. The third kappa shape index (κ3) is 2.43. The topological polar surface area (TPSA) is 60.9 Å². The number of carbonyl (C=O) groups excluding carboxylic acids is 3. The lowest BCUT2D eigenvalue weighted by atomic mass is 9.74. The van der Waals surface area contributed by atoms with Crippen molar-refractivity contribution in [3.63, 3.8) is 0 Å². The van der Waals surface area contributed by atoms with Gasteiger partial charge in [-0.1, -0.05) is 36.4 Å². The Bertz CT molecular complexity index is 808. The average molecular weight is 353 g/mol. The van der Waals surface area contributed by atoms with Gasteiger partial charge < -0.3 is 9.80 Å². The van der Waals surface area contributed by atoms with E-state index in [-0.39, 0.29) is 29.7 Å². The number of imide groups is 1. The molecule has 4 rings (SSSR count). The molecule has 4 amide bonds. The van der Waals surface area contributed by atoms with Crippen LogP contribution < -0.4 is 0 Å². The summed E-state index contributed by atoms with van der Waals surface area (Å²) in [6.07, 6.45) is 6.30. The van der Waals surface area contributed by atoms with Crippen LogP contribution in [0.5, 0.6) is 0 Å². The van der Waals surface area contributed by atoms with E-state index in [4.69, 9.17) is 0 Å². The quantitative estimate of drug-likeness (QED) is 0.763. The van der Waals surface area contributed by atoms with Crippen LogP contribution in [0.4, 0.5) is 4.79 Å². The van der Waals surface area contributed by atoms with Crippen LogP contribution >= 0.6 is 0 Å². The second-order valence-electron chi connectivity index (χ2n) is 7.47. The summed E-state index contributed by atoms with van der Waals surface area (Å²) in [7, 11) is 3.04. The first-order valence-electron chi connectivity index (χ1n) is 9.04. The van der Waals surface area contributed by atoms with Gasteiger partial charge in [-0.15, -0.1) is 0 Å². The average Bonchev–Trinajstić information content (AvgIpc) is 3.10. The van der Waals surface area contributed by atoms with Crippen molar-refractivity contribution < 1.29 is 14.4 Å². The van der Waals surface area contributed by atoms with Gasteiger partial charge in [-0.3, -0.25) is 14.5 Å². The molecule has 6 nitrogen and oxygen atoms in total. The molecule has 2 aliphatic heterocycles. The summed E-state index contributed by atoms with van der Waals surface area (Å²) in [5.41, 5.74) is 2.65. The monoisotopic (exact) mass is 353 g/mol. The van der Waals surface area contributed by atoms with E-state index >= 15 is 0 Å². The fourth-order valence-corrected chi connectivity index (χ4v) is 4.40. The molecule has 6 heteroatoms. The van der Waals surface area contributed by atoms with Gasteiger partial charge in [-0.25, -0.2) is 4.79 Å². The third-order valence-corrected chi connectivity index (χ3v) is 6.13. The van der Waals surface area contributed by atoms with Crippen molar-refractivity contribution in [2.45, 2.75) is 30.7 Å². The first-order chi connectivity index (χ1) is 12.4. The van der Waals surface area contributed by atoms with E-state index in [2.05, 4.69) is 30.4 Å². The molecule has 1 aromatic carbocycles. The molecule has 0 N–H and O–H groups in total. The van der Waals surface area contributed by atoms with E-state index in [1.54, 1.807) is 7.05 Å². The molecule has 2 fully saturated rings. The van der Waals surface area contributed by atoms with Crippen molar-refractivity contribution in [2.75, 3.05) is 27.2 Å². The summed E-state index contributed by atoms with van der Waals surface area (Å²) in [4.78, 5) is 41.0. The zero-order valence-electron chi connectivity index (χ0n) is 15.1. The van der Waals surface area contributed by atoms with Gasteiger partial charge in [-0.05, 0) is 24.0 Å². The second kappa shape index (κ2) is 5.97. The number of rotatable bonds is 2. The molecule has 2 saturated heterocycles. The normalized spacial score (nSPS) is 23.9. The van der Waals surface area contributed by atoms with Gasteiger partial charge in [0.15, 0.2) is 0 Å². The summed E-state index contributed by atoms with van der Waals surface area (Å²) in [5, 5.41) is 0. The molecule has 1 spiro atoms. The van der Waals surface area contributed by atoms with E-state index in [1.807, 2.05) is 11.0 Å². The highest BCUT2D eigenvalue weighted by Crippen LogP contribution is 2.43. The van der Waals surface area contributed by atoms with E-state index in [9.17, 15) is 14.4 Å². The summed E-state index contributed by atoms with van der Waals surface area (Å²) in [5.74, 6) is -0.351. The predicted octanol–water partition coefficient (Wildman–Crippen LogP) is 1.86. The summed E-state index contributed by atoms with van der Waals surface area (Å²) in [6.45, 7) is 1.35. The smallest absolute Gasteiger partial charge is 0.326 e. The Labute approximate surface area is 153 Å². The van der Waals surface area contributed by atoms with Crippen LogP contribution in [-0.2, 0) is 15.0 Å². The Kier molecular flexibility index (Phi) is 3.86. The lowest BCUT2D eigenvalue weighted by molar-refractivity contribution is -0.137. The standard InChI is InChI=1S/C20H23N3O3/c1-21-16(18(25)22(2)19(21)26)13-17(24)23-11-9-20(10-12-23)8-7-14-5-3-4-6-15(14)20/h3-8,16H,9-13H2,1-2H3/t16-/m0/s1. The number of amides is 4. The van der Waals surface area contributed by atoms with Gasteiger partial charge in [0.2, 0.25) is 5.91 Å². The number of benzene rings is 1. The SMILES string of the molecule is CN1C(=O)[C@H](CC(=O)N2CCC3(C=Cc4ccccc43)CC2)N(C)C1=O. The van der Waals surface area contributed by atoms with Crippen LogP contribution in [0.2, 0.25) is 0 Å². The summed E-state index contributed by atoms with van der Waals surface area (Å²) in [6, 6.07) is 7.41. The summed E-state index contributed by atoms with van der Waals surface area (Å²) < 4.78 is 0. The first kappa shape index (κ1) is 16.8. The van der Waals surface area contributed by atoms with Crippen molar-refractivity contribution in [1.29, 1.82) is 0 Å². The lowest BCUT2D eigenvalue weighted by Crippen LogP contribution is -2.46. The van der Waals surface area contributed by atoms with Crippen LogP contribution in [-0.4, -0.2) is 65.8 Å². The van der Waals surface area contributed by atoms with E-state index in [0.717, 1.165) is 17.7 Å². The van der Waals surface area contributed by atoms with Crippen molar-refractivity contribution in [1.82, 2.24) is 14.7 Å². The van der Waals surface area contributed by atoms with Crippen molar-refractivity contribution >= 4 is 23.9 Å². The Hall–Kier alpha value is -2.63. The van der Waals surface area contributed by atoms with Crippen molar-refractivity contribution in [3.05, 3.63) is 41.5 Å². The maximum Gasteiger partial charge on any atom is 0.326 e. The third-order valence-electron chi connectivity index (χ3n) is 6.13. The number of carbonyl (C=O) groups is 3. The zero-order chi connectivity index (χ0) is 18.5. The van der Waals surface area contributed by atoms with Gasteiger partial charge in [0.25, 0.3) is 5.91 Å². The van der Waals surface area contributed by atoms with Crippen molar-refractivity contribution in [2.24, 2.45) is 0 Å². The van der Waals surface area contributed by atoms with Crippen LogP contribution in [0.15, 0.2) is 30.3 Å². The van der Waals surface area contributed by atoms with Crippen LogP contribution in [0.25, 0.3) is 6.08 Å². The molecule has 0 aromatic heterocycles. The Balaban J connectivity index is 1.42. The first-order valence-corrected chi connectivity index (χ1v) is 9.04. The van der Waals surface area contributed by atoms with Gasteiger partial charge in [-0.2, -0.15) is 0 Å². The minimum atomic E-state index is -0.678. The number of hydrogen-bond acceptors (Lipinski definition) is 3. The molecular weight excluding hydrogens is 330 g/mol. The number of urea groups is 1. The molecule has 136 valence electrons. The molecule has 26 heavy (non-hydrogen) atoms. The number of piperidine rings is 1. The minimum Gasteiger partial charge on any atom is -0.343 e. The number of likely N-dealkylation sites (tertiary alicyclic amines) is 1. The molecule has 0 radical (unpaired) electrons. The van der Waals surface area contributed by atoms with Crippen LogP contribution in [0.3, 0.4) is 0 Å². The predicted molar refractivity (Wildman–Crippen MR) is 97.3 cm³/mol. The highest BCUT2D eigenvalue weighted by molar-refractivity contribution is 6.05. The van der Waals surface area contributed by atoms with Gasteiger partial charge in [0, 0.05) is 32.6 Å². The molecule has 2 heterocycles. The van der Waals surface area contributed by atoms with Crippen LogP contribution in [0.1, 0.15) is 30.4 Å². The molecule has 1 aliphatic carbocycles. The number of hydrogen-bond donors (Lipinski definition) is 0. The van der Waals surface area contributed by atoms with Crippen LogP contribution in [0, 0.1) is 0 Å². The van der Waals surface area contributed by atoms with Gasteiger partial charge in [0.05, 0.1) is 6.42 Å². The van der Waals surface area contributed by atoms with Gasteiger partial charge >= 0.3 is 6.03 Å². The molecule has 0 bridgehead atoms. The number of nitrogens with zero attached hydrogens (tertiary/aromatic N) is 3. The molecule has 0 saturated carbocycles. The highest BCUT2D eigenvalue weighted by atomic mass is 16.2. The van der Waals surface area contributed by atoms with E-state index in [0.29, 0.717) is 13.1 Å².